The van der Waals surface area contributed by atoms with E-state index in [1.165, 1.54) is 0 Å². The van der Waals surface area contributed by atoms with Crippen LogP contribution >= 0.6 is 11.6 Å². The van der Waals surface area contributed by atoms with Crippen LogP contribution in [0.5, 0.6) is 0 Å². The molecule has 4 heteroatoms. The number of hydrogen-bond donors (Lipinski definition) is 0. The molecule has 0 aliphatic heterocycles. The summed E-state index contributed by atoms with van der Waals surface area (Å²) in [6.07, 6.45) is 1.08. The quantitative estimate of drug-likeness (QED) is 0.808. The van der Waals surface area contributed by atoms with Gasteiger partial charge in [0.2, 0.25) is 5.28 Å². The molecule has 0 aliphatic rings. The fourth-order valence-electron chi connectivity index (χ4n) is 1.96. The topological polar surface area (TPSA) is 30.7 Å². The van der Waals surface area contributed by atoms with Gasteiger partial charge in [0.05, 0.1) is 0 Å². The Balaban J connectivity index is 3.07. The molecule has 0 radical (unpaired) electrons. The predicted octanol–water partition coefficient (Wildman–Crippen LogP) is 3.84. The van der Waals surface area contributed by atoms with Crippen molar-refractivity contribution in [3.63, 3.8) is 0 Å². The molecule has 1 aromatic heterocycles. The van der Waals surface area contributed by atoms with Crippen molar-refractivity contribution in [1.29, 1.82) is 0 Å². The molecule has 16 heavy (non-hydrogen) atoms. The van der Waals surface area contributed by atoms with Crippen LogP contribution in [0, 0.1) is 5.92 Å². The van der Waals surface area contributed by atoms with Gasteiger partial charge in [-0.1, -0.05) is 34.6 Å². The highest BCUT2D eigenvalue weighted by molar-refractivity contribution is 6.28. The van der Waals surface area contributed by atoms with Crippen LogP contribution in [-0.2, 0) is 5.41 Å². The van der Waals surface area contributed by atoms with Crippen molar-refractivity contribution < 1.29 is 0 Å². The first-order valence-electron chi connectivity index (χ1n) is 5.84. The molecule has 1 atom stereocenters. The highest BCUT2D eigenvalue weighted by Crippen LogP contribution is 2.28. The van der Waals surface area contributed by atoms with Crippen molar-refractivity contribution in [2.24, 2.45) is 5.92 Å². The standard InChI is InChI=1S/C12H22ClN3/c1-8(2)7-9(3)16-10(12(4,5)6)14-15-11(16)13/h8-9H,7H2,1-6H3. The Hall–Kier alpha value is -0.570. The molecule has 0 N–H and O–H groups in total. The molecule has 0 aromatic carbocycles. The minimum absolute atomic E-state index is 0.0224. The van der Waals surface area contributed by atoms with Gasteiger partial charge in [0.1, 0.15) is 5.82 Å². The zero-order chi connectivity index (χ0) is 12.5. The number of aromatic nitrogens is 3. The van der Waals surface area contributed by atoms with Crippen LogP contribution in [-0.4, -0.2) is 14.8 Å². The Labute approximate surface area is 103 Å². The summed E-state index contributed by atoms with van der Waals surface area (Å²) in [5.74, 6) is 1.60. The van der Waals surface area contributed by atoms with Gasteiger partial charge in [-0.2, -0.15) is 0 Å². The third kappa shape index (κ3) is 2.97. The molecule has 0 bridgehead atoms. The number of nitrogens with zero attached hydrogens (tertiary/aromatic N) is 3. The van der Waals surface area contributed by atoms with Crippen LogP contribution < -0.4 is 0 Å². The lowest BCUT2D eigenvalue weighted by molar-refractivity contribution is 0.391. The molecule has 1 rings (SSSR count). The molecule has 0 aliphatic carbocycles. The lowest BCUT2D eigenvalue weighted by Crippen LogP contribution is -2.22. The molecule has 0 saturated heterocycles. The van der Waals surface area contributed by atoms with E-state index in [9.17, 15) is 0 Å². The maximum Gasteiger partial charge on any atom is 0.225 e. The maximum absolute atomic E-state index is 6.12. The third-order valence-corrected chi connectivity index (χ3v) is 2.84. The Morgan fingerprint density at radius 2 is 1.75 bits per heavy atom. The minimum atomic E-state index is -0.0224. The molecule has 1 heterocycles. The van der Waals surface area contributed by atoms with Gasteiger partial charge in [0.15, 0.2) is 0 Å². The summed E-state index contributed by atoms with van der Waals surface area (Å²) in [5.41, 5.74) is -0.0224. The van der Waals surface area contributed by atoms with Gasteiger partial charge in [-0.25, -0.2) is 0 Å². The summed E-state index contributed by atoms with van der Waals surface area (Å²) in [7, 11) is 0. The van der Waals surface area contributed by atoms with Crippen molar-refractivity contribution in [2.45, 2.75) is 59.4 Å². The largest absolute Gasteiger partial charge is 0.298 e. The van der Waals surface area contributed by atoms with E-state index < -0.39 is 0 Å². The van der Waals surface area contributed by atoms with E-state index in [0.717, 1.165) is 12.2 Å². The van der Waals surface area contributed by atoms with Crippen LogP contribution in [0.3, 0.4) is 0 Å². The zero-order valence-electron chi connectivity index (χ0n) is 11.1. The van der Waals surface area contributed by atoms with Gasteiger partial charge >= 0.3 is 0 Å². The highest BCUT2D eigenvalue weighted by Gasteiger charge is 2.26. The Morgan fingerprint density at radius 3 is 2.19 bits per heavy atom. The Kier molecular flexibility index (Phi) is 4.00. The summed E-state index contributed by atoms with van der Waals surface area (Å²) in [6.45, 7) is 13.0. The van der Waals surface area contributed by atoms with E-state index in [0.29, 0.717) is 17.2 Å². The van der Waals surface area contributed by atoms with E-state index in [4.69, 9.17) is 11.6 Å². The van der Waals surface area contributed by atoms with Crippen molar-refractivity contribution in [3.8, 4) is 0 Å². The van der Waals surface area contributed by atoms with Crippen LogP contribution in [0.2, 0.25) is 5.28 Å². The summed E-state index contributed by atoms with van der Waals surface area (Å²) >= 11 is 6.12. The van der Waals surface area contributed by atoms with Crippen LogP contribution in [0.1, 0.15) is 59.8 Å². The van der Waals surface area contributed by atoms with Crippen LogP contribution in [0.15, 0.2) is 0 Å². The van der Waals surface area contributed by atoms with Crippen LogP contribution in [0.25, 0.3) is 0 Å². The predicted molar refractivity (Wildman–Crippen MR) is 67.9 cm³/mol. The van der Waals surface area contributed by atoms with E-state index in [2.05, 4.69) is 56.3 Å². The van der Waals surface area contributed by atoms with Gasteiger partial charge in [0, 0.05) is 11.5 Å². The van der Waals surface area contributed by atoms with Gasteiger partial charge in [-0.15, -0.1) is 10.2 Å². The first-order chi connectivity index (χ1) is 7.23. The molecular weight excluding hydrogens is 222 g/mol. The van der Waals surface area contributed by atoms with Gasteiger partial charge in [-0.3, -0.25) is 4.57 Å². The maximum atomic E-state index is 6.12. The lowest BCUT2D eigenvalue weighted by atomic mass is 9.94. The Bertz CT molecular complexity index is 350. The Morgan fingerprint density at radius 1 is 1.19 bits per heavy atom. The first kappa shape index (κ1) is 13.5. The summed E-state index contributed by atoms with van der Waals surface area (Å²) in [6, 6.07) is 0.344. The van der Waals surface area contributed by atoms with Crippen molar-refractivity contribution >= 4 is 11.6 Å². The van der Waals surface area contributed by atoms with Crippen molar-refractivity contribution in [3.05, 3.63) is 11.1 Å². The summed E-state index contributed by atoms with van der Waals surface area (Å²) in [5, 5.41) is 8.68. The number of halogens is 1. The van der Waals surface area contributed by atoms with Crippen molar-refractivity contribution in [1.82, 2.24) is 14.8 Å². The molecule has 3 nitrogen and oxygen atoms in total. The first-order valence-corrected chi connectivity index (χ1v) is 6.22. The second kappa shape index (κ2) is 4.74. The minimum Gasteiger partial charge on any atom is -0.298 e. The third-order valence-electron chi connectivity index (χ3n) is 2.58. The molecule has 0 saturated carbocycles. The summed E-state index contributed by atoms with van der Waals surface area (Å²) in [4.78, 5) is 0. The van der Waals surface area contributed by atoms with Gasteiger partial charge < -0.3 is 0 Å². The molecular formula is C12H22ClN3. The normalized spacial score (nSPS) is 14.5. The van der Waals surface area contributed by atoms with E-state index >= 15 is 0 Å². The van der Waals surface area contributed by atoms with Gasteiger partial charge in [-0.05, 0) is 30.9 Å². The molecule has 0 spiro atoms. The number of rotatable bonds is 3. The molecule has 0 fully saturated rings. The SMILES string of the molecule is CC(C)CC(C)n1c(Cl)nnc1C(C)(C)C. The summed E-state index contributed by atoms with van der Waals surface area (Å²) < 4.78 is 2.06. The van der Waals surface area contributed by atoms with E-state index in [-0.39, 0.29) is 5.41 Å². The van der Waals surface area contributed by atoms with E-state index in [1.807, 2.05) is 0 Å². The van der Waals surface area contributed by atoms with Crippen molar-refractivity contribution in [2.75, 3.05) is 0 Å². The molecule has 1 unspecified atom stereocenters. The molecule has 1 aromatic rings. The number of hydrogen-bond acceptors (Lipinski definition) is 2. The van der Waals surface area contributed by atoms with Crippen LogP contribution in [0.4, 0.5) is 0 Å². The average molecular weight is 244 g/mol. The second-order valence-electron chi connectivity index (χ2n) is 5.89. The van der Waals surface area contributed by atoms with E-state index in [1.54, 1.807) is 0 Å². The monoisotopic (exact) mass is 243 g/mol. The van der Waals surface area contributed by atoms with Gasteiger partial charge in [0.25, 0.3) is 0 Å². The zero-order valence-corrected chi connectivity index (χ0v) is 11.8. The fourth-order valence-corrected chi connectivity index (χ4v) is 2.25. The smallest absolute Gasteiger partial charge is 0.225 e. The molecule has 0 amide bonds. The average Bonchev–Trinajstić information content (AvgIpc) is 2.44. The lowest BCUT2D eigenvalue weighted by Gasteiger charge is -2.24. The fraction of sp³-hybridized carbons (Fsp3) is 0.833. The molecule has 92 valence electrons. The highest BCUT2D eigenvalue weighted by atomic mass is 35.5. The second-order valence-corrected chi connectivity index (χ2v) is 6.23.